The minimum absolute atomic E-state index is 0.0784. The van der Waals surface area contributed by atoms with E-state index in [1.165, 1.54) is 0 Å². The maximum absolute atomic E-state index is 13.5. The van der Waals surface area contributed by atoms with Gasteiger partial charge in [-0.3, -0.25) is 0 Å². The molecule has 0 aromatic heterocycles. The lowest BCUT2D eigenvalue weighted by Crippen LogP contribution is -2.20. The molecule has 0 bridgehead atoms. The molecule has 0 aromatic carbocycles. The first kappa shape index (κ1) is 10.1. The molecular formula is C12H13F2N. The van der Waals surface area contributed by atoms with E-state index in [2.05, 4.69) is 11.9 Å². The lowest BCUT2D eigenvalue weighted by molar-refractivity contribution is 0.0390. The van der Waals surface area contributed by atoms with Gasteiger partial charge in [0.15, 0.2) is 0 Å². The second-order valence-corrected chi connectivity index (χ2v) is 3.72. The zero-order valence-corrected chi connectivity index (χ0v) is 8.39. The van der Waals surface area contributed by atoms with Crippen LogP contribution in [0, 0.1) is 0 Å². The summed E-state index contributed by atoms with van der Waals surface area (Å²) in [5.41, 5.74) is 1.23. The van der Waals surface area contributed by atoms with Crippen LogP contribution in [0.15, 0.2) is 47.7 Å². The highest BCUT2D eigenvalue weighted by Gasteiger charge is 2.37. The number of hydrogen-bond acceptors (Lipinski definition) is 1. The molecule has 0 aromatic rings. The highest BCUT2D eigenvalue weighted by Crippen LogP contribution is 2.36. The highest BCUT2D eigenvalue weighted by molar-refractivity contribution is 5.51. The number of rotatable bonds is 0. The Morgan fingerprint density at radius 1 is 1.40 bits per heavy atom. The van der Waals surface area contributed by atoms with Gasteiger partial charge in [0.2, 0.25) is 0 Å². The van der Waals surface area contributed by atoms with E-state index >= 15 is 0 Å². The molecule has 0 atom stereocenters. The molecule has 1 nitrogen and oxygen atoms in total. The first-order valence-corrected chi connectivity index (χ1v) is 5.00. The normalized spacial score (nSPS) is 24.3. The molecule has 1 N–H and O–H groups in total. The van der Waals surface area contributed by atoms with Crippen molar-refractivity contribution in [2.75, 3.05) is 6.54 Å². The van der Waals surface area contributed by atoms with Gasteiger partial charge < -0.3 is 5.32 Å². The molecule has 1 saturated heterocycles. The number of halogens is 2. The van der Waals surface area contributed by atoms with E-state index in [1.807, 2.05) is 12.2 Å². The van der Waals surface area contributed by atoms with E-state index in [0.29, 0.717) is 5.57 Å². The summed E-state index contributed by atoms with van der Waals surface area (Å²) in [6, 6.07) is 0. The SMILES string of the molecule is C=C1C2=CC=CCC=C2NCCC1(F)F. The molecule has 0 saturated carbocycles. The fraction of sp³-hybridized carbons (Fsp3) is 0.333. The maximum atomic E-state index is 13.5. The smallest absolute Gasteiger partial charge is 0.275 e. The summed E-state index contributed by atoms with van der Waals surface area (Å²) in [6.07, 6.45) is 7.93. The van der Waals surface area contributed by atoms with Crippen LogP contribution < -0.4 is 5.32 Å². The fourth-order valence-electron chi connectivity index (χ4n) is 1.76. The second kappa shape index (κ2) is 3.65. The monoisotopic (exact) mass is 209 g/mol. The first-order chi connectivity index (χ1) is 7.11. The van der Waals surface area contributed by atoms with E-state index in [9.17, 15) is 8.78 Å². The van der Waals surface area contributed by atoms with Crippen LogP contribution in [0.2, 0.25) is 0 Å². The molecule has 0 radical (unpaired) electrons. The Kier molecular flexibility index (Phi) is 2.47. The third kappa shape index (κ3) is 1.87. The zero-order valence-electron chi connectivity index (χ0n) is 8.39. The molecule has 1 heterocycles. The molecule has 3 heteroatoms. The summed E-state index contributed by atoms with van der Waals surface area (Å²) >= 11 is 0. The van der Waals surface area contributed by atoms with Crippen molar-refractivity contribution < 1.29 is 8.78 Å². The Balaban J connectivity index is 2.43. The van der Waals surface area contributed by atoms with Crippen LogP contribution in [0.5, 0.6) is 0 Å². The van der Waals surface area contributed by atoms with Crippen molar-refractivity contribution in [3.63, 3.8) is 0 Å². The standard InChI is InChI=1S/C12H13F2N/c1-9-10-5-3-2-4-6-11(10)15-8-7-12(9,13)14/h2-3,5-6,15H,1,4,7-8H2. The van der Waals surface area contributed by atoms with Crippen molar-refractivity contribution in [1.82, 2.24) is 5.32 Å². The predicted molar refractivity (Wildman–Crippen MR) is 56.6 cm³/mol. The Hall–Kier alpha value is -1.38. The molecule has 2 aliphatic rings. The Bertz CT molecular complexity index is 375. The Morgan fingerprint density at radius 3 is 3.00 bits per heavy atom. The van der Waals surface area contributed by atoms with E-state index in [0.717, 1.165) is 12.1 Å². The van der Waals surface area contributed by atoms with E-state index in [1.54, 1.807) is 12.2 Å². The molecule has 15 heavy (non-hydrogen) atoms. The molecule has 1 aliphatic heterocycles. The van der Waals surface area contributed by atoms with Gasteiger partial charge in [-0.05, 0) is 6.42 Å². The minimum atomic E-state index is -2.80. The van der Waals surface area contributed by atoms with Gasteiger partial charge in [0.25, 0.3) is 5.92 Å². The van der Waals surface area contributed by atoms with Crippen LogP contribution in [0.4, 0.5) is 8.78 Å². The number of alkyl halides is 2. The van der Waals surface area contributed by atoms with Gasteiger partial charge in [0.05, 0.1) is 0 Å². The quantitative estimate of drug-likeness (QED) is 0.646. The second-order valence-electron chi connectivity index (χ2n) is 3.72. The molecule has 1 fully saturated rings. The number of nitrogens with one attached hydrogen (secondary N) is 1. The summed E-state index contributed by atoms with van der Waals surface area (Å²) in [5, 5.41) is 3.02. The number of hydrogen-bond donors (Lipinski definition) is 1. The van der Waals surface area contributed by atoms with Gasteiger partial charge in [0.1, 0.15) is 0 Å². The highest BCUT2D eigenvalue weighted by atomic mass is 19.3. The lowest BCUT2D eigenvalue weighted by Gasteiger charge is -2.16. The predicted octanol–water partition coefficient (Wildman–Crippen LogP) is 2.94. The largest absolute Gasteiger partial charge is 0.385 e. The molecular weight excluding hydrogens is 196 g/mol. The lowest BCUT2D eigenvalue weighted by atomic mass is 9.98. The third-order valence-corrected chi connectivity index (χ3v) is 2.67. The van der Waals surface area contributed by atoms with Crippen molar-refractivity contribution in [3.05, 3.63) is 47.7 Å². The van der Waals surface area contributed by atoms with Gasteiger partial charge in [-0.1, -0.05) is 30.9 Å². The Morgan fingerprint density at radius 2 is 2.20 bits per heavy atom. The molecule has 2 rings (SSSR count). The molecule has 0 unspecified atom stereocenters. The van der Waals surface area contributed by atoms with Crippen molar-refractivity contribution in [2.45, 2.75) is 18.8 Å². The van der Waals surface area contributed by atoms with Gasteiger partial charge in [-0.25, -0.2) is 8.78 Å². The van der Waals surface area contributed by atoms with Gasteiger partial charge in [-0.2, -0.15) is 0 Å². The average Bonchev–Trinajstić information content (AvgIpc) is 2.45. The average molecular weight is 209 g/mol. The van der Waals surface area contributed by atoms with Crippen LogP contribution in [0.1, 0.15) is 12.8 Å². The third-order valence-electron chi connectivity index (χ3n) is 2.67. The van der Waals surface area contributed by atoms with E-state index in [-0.39, 0.29) is 18.5 Å². The van der Waals surface area contributed by atoms with Crippen molar-refractivity contribution in [1.29, 1.82) is 0 Å². The van der Waals surface area contributed by atoms with Gasteiger partial charge >= 0.3 is 0 Å². The summed E-state index contributed by atoms with van der Waals surface area (Å²) in [7, 11) is 0. The summed E-state index contributed by atoms with van der Waals surface area (Å²) in [4.78, 5) is 0. The van der Waals surface area contributed by atoms with Crippen molar-refractivity contribution >= 4 is 0 Å². The van der Waals surface area contributed by atoms with Crippen molar-refractivity contribution in [3.8, 4) is 0 Å². The summed E-state index contributed by atoms with van der Waals surface area (Å²) in [6.45, 7) is 3.81. The maximum Gasteiger partial charge on any atom is 0.275 e. The van der Waals surface area contributed by atoms with Crippen LogP contribution in [0.25, 0.3) is 0 Å². The van der Waals surface area contributed by atoms with E-state index < -0.39 is 5.92 Å². The van der Waals surface area contributed by atoms with Crippen LogP contribution >= 0.6 is 0 Å². The van der Waals surface area contributed by atoms with E-state index in [4.69, 9.17) is 0 Å². The number of fused-ring (bicyclic) bond motifs is 1. The first-order valence-electron chi connectivity index (χ1n) is 5.00. The number of allylic oxidation sites excluding steroid dienone is 5. The Labute approximate surface area is 87.9 Å². The minimum Gasteiger partial charge on any atom is -0.385 e. The molecule has 0 amide bonds. The van der Waals surface area contributed by atoms with Crippen LogP contribution in [-0.4, -0.2) is 12.5 Å². The topological polar surface area (TPSA) is 12.0 Å². The molecule has 80 valence electrons. The molecule has 0 spiro atoms. The van der Waals surface area contributed by atoms with Crippen LogP contribution in [-0.2, 0) is 0 Å². The molecule has 1 aliphatic carbocycles. The fourth-order valence-corrected chi connectivity index (χ4v) is 1.76. The zero-order chi connectivity index (χ0) is 10.9. The van der Waals surface area contributed by atoms with Crippen molar-refractivity contribution in [2.24, 2.45) is 0 Å². The van der Waals surface area contributed by atoms with Gasteiger partial charge in [0, 0.05) is 29.8 Å². The van der Waals surface area contributed by atoms with Crippen LogP contribution in [0.3, 0.4) is 0 Å². The summed E-state index contributed by atoms with van der Waals surface area (Å²) in [5.74, 6) is -2.80. The summed E-state index contributed by atoms with van der Waals surface area (Å²) < 4.78 is 27.1. The van der Waals surface area contributed by atoms with Gasteiger partial charge in [-0.15, -0.1) is 0 Å².